The highest BCUT2D eigenvalue weighted by Crippen LogP contribution is 2.35. The van der Waals surface area contributed by atoms with Gasteiger partial charge in [0.15, 0.2) is 11.5 Å². The fourth-order valence-electron chi connectivity index (χ4n) is 3.65. The first-order valence-corrected chi connectivity index (χ1v) is 10.8. The van der Waals surface area contributed by atoms with E-state index in [0.717, 1.165) is 16.8 Å². The Hall–Kier alpha value is -3.35. The van der Waals surface area contributed by atoms with Crippen molar-refractivity contribution in [3.8, 4) is 11.5 Å². The van der Waals surface area contributed by atoms with Gasteiger partial charge in [-0.3, -0.25) is 5.43 Å². The van der Waals surface area contributed by atoms with Gasteiger partial charge in [0.05, 0.1) is 5.70 Å². The van der Waals surface area contributed by atoms with Gasteiger partial charge >= 0.3 is 6.03 Å². The summed E-state index contributed by atoms with van der Waals surface area (Å²) in [7, 11) is 0. The van der Waals surface area contributed by atoms with Gasteiger partial charge in [-0.1, -0.05) is 47.5 Å². The molecular weight excluding hydrogens is 449 g/mol. The summed E-state index contributed by atoms with van der Waals surface area (Å²) in [6.07, 6.45) is 2.00. The maximum absolute atomic E-state index is 13.3. The van der Waals surface area contributed by atoms with Crippen LogP contribution in [0.1, 0.15) is 17.2 Å². The van der Waals surface area contributed by atoms with E-state index in [9.17, 15) is 4.79 Å². The Morgan fingerprint density at radius 3 is 2.28 bits per heavy atom. The van der Waals surface area contributed by atoms with E-state index >= 15 is 0 Å². The minimum Gasteiger partial charge on any atom is -0.486 e. The smallest absolute Gasteiger partial charge is 0.341 e. The van der Waals surface area contributed by atoms with Crippen molar-refractivity contribution in [3.63, 3.8) is 0 Å². The number of halogens is 2. The Morgan fingerprint density at radius 1 is 0.906 bits per heavy atom. The fraction of sp³-hybridized carbons (Fsp3) is 0.125. The lowest BCUT2D eigenvalue weighted by molar-refractivity contribution is 0.171. The number of rotatable bonds is 3. The number of hydrogen-bond donors (Lipinski definition) is 2. The van der Waals surface area contributed by atoms with E-state index in [0.29, 0.717) is 40.4 Å². The van der Waals surface area contributed by atoms with Crippen molar-refractivity contribution < 1.29 is 14.3 Å². The highest BCUT2D eigenvalue weighted by Gasteiger charge is 2.31. The summed E-state index contributed by atoms with van der Waals surface area (Å²) >= 11 is 12.1. The zero-order chi connectivity index (χ0) is 22.1. The van der Waals surface area contributed by atoms with Gasteiger partial charge in [-0.05, 0) is 53.6 Å². The molecule has 0 aromatic heterocycles. The monoisotopic (exact) mass is 467 g/mol. The van der Waals surface area contributed by atoms with Gasteiger partial charge in [0, 0.05) is 21.8 Å². The van der Waals surface area contributed by atoms with Crippen molar-refractivity contribution in [3.05, 3.63) is 94.0 Å². The largest absolute Gasteiger partial charge is 0.486 e. The van der Waals surface area contributed by atoms with Crippen LogP contribution in [0.2, 0.25) is 10.0 Å². The van der Waals surface area contributed by atoms with Gasteiger partial charge in [0.1, 0.15) is 19.3 Å². The summed E-state index contributed by atoms with van der Waals surface area (Å²) in [4.78, 5) is 13.3. The van der Waals surface area contributed by atoms with Crippen LogP contribution in [0.4, 0.5) is 10.5 Å². The summed E-state index contributed by atoms with van der Waals surface area (Å²) in [5.41, 5.74) is 6.47. The third kappa shape index (κ3) is 4.20. The molecule has 3 aromatic carbocycles. The van der Waals surface area contributed by atoms with Gasteiger partial charge in [-0.2, -0.15) is 0 Å². The lowest BCUT2D eigenvalue weighted by atomic mass is 10.0. The van der Waals surface area contributed by atoms with Crippen LogP contribution < -0.4 is 20.2 Å². The van der Waals surface area contributed by atoms with Crippen LogP contribution in [0.3, 0.4) is 0 Å². The number of amides is 2. The van der Waals surface area contributed by atoms with Crippen LogP contribution in [-0.4, -0.2) is 24.3 Å². The lowest BCUT2D eigenvalue weighted by Gasteiger charge is -2.26. The Morgan fingerprint density at radius 2 is 1.56 bits per heavy atom. The maximum Gasteiger partial charge on any atom is 0.341 e. The molecule has 0 spiro atoms. The molecule has 2 amide bonds. The Kier molecular flexibility index (Phi) is 5.55. The van der Waals surface area contributed by atoms with Crippen molar-refractivity contribution in [2.75, 3.05) is 18.5 Å². The van der Waals surface area contributed by atoms with Crippen molar-refractivity contribution in [2.24, 2.45) is 0 Å². The summed E-state index contributed by atoms with van der Waals surface area (Å²) in [5, 5.41) is 5.76. The molecule has 0 bridgehead atoms. The van der Waals surface area contributed by atoms with Gasteiger partial charge in [0.25, 0.3) is 0 Å². The Balaban J connectivity index is 1.42. The first kappa shape index (κ1) is 20.5. The van der Waals surface area contributed by atoms with E-state index < -0.39 is 0 Å². The molecule has 2 heterocycles. The van der Waals surface area contributed by atoms with Crippen LogP contribution in [0.25, 0.3) is 5.70 Å². The molecule has 0 saturated carbocycles. The van der Waals surface area contributed by atoms with Gasteiger partial charge < -0.3 is 14.8 Å². The number of urea groups is 1. The molecule has 0 fully saturated rings. The van der Waals surface area contributed by atoms with Gasteiger partial charge in [0.2, 0.25) is 0 Å². The van der Waals surface area contributed by atoms with E-state index in [-0.39, 0.29) is 12.1 Å². The normalized spacial score (nSPS) is 16.9. The minimum atomic E-state index is -0.338. The molecule has 1 atom stereocenters. The zero-order valence-electron chi connectivity index (χ0n) is 16.8. The summed E-state index contributed by atoms with van der Waals surface area (Å²) in [5.74, 6) is 1.27. The number of ether oxygens (including phenoxy) is 2. The summed E-state index contributed by atoms with van der Waals surface area (Å²) < 4.78 is 11.2. The topological polar surface area (TPSA) is 62.8 Å². The molecule has 2 aliphatic rings. The second kappa shape index (κ2) is 8.65. The number of benzene rings is 3. The minimum absolute atomic E-state index is 0.318. The number of nitrogens with zero attached hydrogens (tertiary/aromatic N) is 1. The zero-order valence-corrected chi connectivity index (χ0v) is 18.4. The van der Waals surface area contributed by atoms with E-state index in [2.05, 4.69) is 10.7 Å². The SMILES string of the molecule is O=C(Nc1ccc2c(c1)OCCO2)N1NC(c2ccc(Cl)cc2)=CC1c1ccc(Cl)cc1. The third-order valence-corrected chi connectivity index (χ3v) is 5.73. The predicted molar refractivity (Wildman–Crippen MR) is 125 cm³/mol. The standard InChI is InChI=1S/C24H19Cl2N3O3/c25-17-5-1-15(2-6-17)20-14-21(16-3-7-18(26)8-4-16)29(28-20)24(30)27-19-9-10-22-23(13-19)32-12-11-31-22/h1-10,13-14,21,28H,11-12H2,(H,27,30). The van der Waals surface area contributed by atoms with Crippen molar-refractivity contribution in [1.82, 2.24) is 10.4 Å². The van der Waals surface area contributed by atoms with Crippen molar-refractivity contribution in [1.29, 1.82) is 0 Å². The number of hydrogen-bond acceptors (Lipinski definition) is 4. The van der Waals surface area contributed by atoms with Gasteiger partial charge in [-0.15, -0.1) is 0 Å². The first-order chi connectivity index (χ1) is 15.6. The molecule has 3 aromatic rings. The molecule has 0 radical (unpaired) electrons. The number of carbonyl (C=O) groups is 1. The molecule has 6 nitrogen and oxygen atoms in total. The lowest BCUT2D eigenvalue weighted by Crippen LogP contribution is -2.42. The Bertz CT molecular complexity index is 1180. The maximum atomic E-state index is 13.3. The van der Waals surface area contributed by atoms with Crippen LogP contribution in [-0.2, 0) is 0 Å². The van der Waals surface area contributed by atoms with E-state index in [1.54, 1.807) is 23.2 Å². The fourth-order valence-corrected chi connectivity index (χ4v) is 3.90. The second-order valence-electron chi connectivity index (χ2n) is 7.35. The van der Waals surface area contributed by atoms with E-state index in [1.807, 2.05) is 54.6 Å². The van der Waals surface area contributed by atoms with Crippen molar-refractivity contribution >= 4 is 40.6 Å². The average Bonchev–Trinajstić information content (AvgIpc) is 3.25. The van der Waals surface area contributed by atoms with Gasteiger partial charge in [-0.25, -0.2) is 9.80 Å². The summed E-state index contributed by atoms with van der Waals surface area (Å²) in [6.45, 7) is 0.989. The molecular formula is C24H19Cl2N3O3. The highest BCUT2D eigenvalue weighted by atomic mass is 35.5. The Labute approximate surface area is 195 Å². The quantitative estimate of drug-likeness (QED) is 0.503. The van der Waals surface area contributed by atoms with E-state index in [4.69, 9.17) is 32.7 Å². The molecule has 162 valence electrons. The molecule has 1 unspecified atom stereocenters. The molecule has 2 aliphatic heterocycles. The number of hydrazine groups is 1. The molecule has 8 heteroatoms. The average molecular weight is 468 g/mol. The molecule has 5 rings (SSSR count). The number of anilines is 1. The van der Waals surface area contributed by atoms with Crippen LogP contribution >= 0.6 is 23.2 Å². The van der Waals surface area contributed by atoms with Crippen molar-refractivity contribution in [2.45, 2.75) is 6.04 Å². The summed E-state index contributed by atoms with van der Waals surface area (Å²) in [6, 6.07) is 19.5. The van der Waals surface area contributed by atoms with E-state index in [1.165, 1.54) is 0 Å². The first-order valence-electron chi connectivity index (χ1n) is 10.1. The van der Waals surface area contributed by atoms with Crippen LogP contribution in [0.5, 0.6) is 11.5 Å². The molecule has 0 saturated heterocycles. The number of nitrogens with one attached hydrogen (secondary N) is 2. The third-order valence-electron chi connectivity index (χ3n) is 5.22. The predicted octanol–water partition coefficient (Wildman–Crippen LogP) is 5.90. The number of fused-ring (bicyclic) bond motifs is 1. The molecule has 32 heavy (non-hydrogen) atoms. The highest BCUT2D eigenvalue weighted by molar-refractivity contribution is 6.30. The molecule has 2 N–H and O–H groups in total. The van der Waals surface area contributed by atoms with Crippen LogP contribution in [0.15, 0.2) is 72.8 Å². The van der Waals surface area contributed by atoms with Crippen LogP contribution in [0, 0.1) is 0 Å². The number of carbonyl (C=O) groups excluding carboxylic acids is 1. The molecule has 0 aliphatic carbocycles. The second-order valence-corrected chi connectivity index (χ2v) is 8.23.